The van der Waals surface area contributed by atoms with Gasteiger partial charge in [-0.25, -0.2) is 4.99 Å². The van der Waals surface area contributed by atoms with Gasteiger partial charge in [0, 0.05) is 17.3 Å². The van der Waals surface area contributed by atoms with Gasteiger partial charge in [-0.15, -0.1) is 23.1 Å². The van der Waals surface area contributed by atoms with Crippen molar-refractivity contribution < 1.29 is 4.79 Å². The molecule has 1 fully saturated rings. The van der Waals surface area contributed by atoms with Gasteiger partial charge in [0.15, 0.2) is 0 Å². The van der Waals surface area contributed by atoms with Crippen LogP contribution in [0, 0.1) is 0 Å². The summed E-state index contributed by atoms with van der Waals surface area (Å²) < 4.78 is 0. The highest BCUT2D eigenvalue weighted by molar-refractivity contribution is 7.99. The van der Waals surface area contributed by atoms with Crippen molar-refractivity contribution in [2.75, 3.05) is 16.9 Å². The first kappa shape index (κ1) is 15.1. The number of anilines is 1. The molecule has 1 amide bonds. The quantitative estimate of drug-likeness (QED) is 0.593. The van der Waals surface area contributed by atoms with E-state index < -0.39 is 0 Å². The molecule has 0 saturated carbocycles. The lowest BCUT2D eigenvalue weighted by atomic mass is 10.2. The van der Waals surface area contributed by atoms with Crippen LogP contribution < -0.4 is 16.4 Å². The van der Waals surface area contributed by atoms with Gasteiger partial charge in [0.05, 0.1) is 16.6 Å². The van der Waals surface area contributed by atoms with Gasteiger partial charge in [-0.1, -0.05) is 6.07 Å². The molecule has 0 radical (unpaired) electrons. The zero-order chi connectivity index (χ0) is 15.4. The number of nitrogens with two attached hydrogens (primary N) is 1. The summed E-state index contributed by atoms with van der Waals surface area (Å²) in [5.41, 5.74) is 7.48. The first-order valence-corrected chi connectivity index (χ1v) is 8.86. The third-order valence-corrected chi connectivity index (χ3v) is 5.02. The zero-order valence-electron chi connectivity index (χ0n) is 11.8. The van der Waals surface area contributed by atoms with Crippen LogP contribution in [0.25, 0.3) is 0 Å². The maximum Gasteiger partial charge on any atom is 0.242 e. The number of nitrogens with zero attached hydrogens (tertiary/aromatic N) is 1. The topological polar surface area (TPSA) is 79.5 Å². The molecule has 0 aliphatic carbocycles. The van der Waals surface area contributed by atoms with Crippen LogP contribution in [0.2, 0.25) is 0 Å². The van der Waals surface area contributed by atoms with Crippen LogP contribution >= 0.6 is 23.1 Å². The number of carbonyl (C=O) groups excluding carboxylic acids is 1. The fourth-order valence-electron chi connectivity index (χ4n) is 2.03. The van der Waals surface area contributed by atoms with E-state index >= 15 is 0 Å². The largest absolute Gasteiger partial charge is 0.383 e. The summed E-state index contributed by atoms with van der Waals surface area (Å²) in [6.07, 6.45) is 0. The second-order valence-electron chi connectivity index (χ2n) is 4.78. The van der Waals surface area contributed by atoms with E-state index in [0.717, 1.165) is 27.9 Å². The van der Waals surface area contributed by atoms with Gasteiger partial charge in [-0.3, -0.25) is 10.1 Å². The van der Waals surface area contributed by atoms with Crippen LogP contribution in [-0.4, -0.2) is 29.4 Å². The summed E-state index contributed by atoms with van der Waals surface area (Å²) >= 11 is 3.28. The molecule has 0 unspecified atom stereocenters. The van der Waals surface area contributed by atoms with Crippen LogP contribution in [0.4, 0.5) is 11.4 Å². The van der Waals surface area contributed by atoms with E-state index in [0.29, 0.717) is 5.84 Å². The van der Waals surface area contributed by atoms with E-state index in [2.05, 4.69) is 15.6 Å². The van der Waals surface area contributed by atoms with E-state index in [9.17, 15) is 4.79 Å². The number of benzene rings is 1. The minimum absolute atomic E-state index is 0.000601. The molecule has 114 valence electrons. The fourth-order valence-corrected chi connectivity index (χ4v) is 3.60. The molecule has 1 aliphatic heterocycles. The summed E-state index contributed by atoms with van der Waals surface area (Å²) in [4.78, 5) is 17.3. The number of hydrogen-bond donors (Lipinski definition) is 3. The molecule has 3 rings (SSSR count). The van der Waals surface area contributed by atoms with E-state index in [4.69, 9.17) is 5.73 Å². The van der Waals surface area contributed by atoms with Gasteiger partial charge in [-0.05, 0) is 35.7 Å². The summed E-state index contributed by atoms with van der Waals surface area (Å²) in [6, 6.07) is 11.1. The number of aliphatic imine (C=N–C) groups is 1. The second kappa shape index (κ2) is 6.95. The highest BCUT2D eigenvalue weighted by Crippen LogP contribution is 2.19. The van der Waals surface area contributed by atoms with E-state index in [-0.39, 0.29) is 11.9 Å². The van der Waals surface area contributed by atoms with E-state index in [1.165, 1.54) is 0 Å². The Hall–Kier alpha value is -1.83. The highest BCUT2D eigenvalue weighted by Gasteiger charge is 2.22. The Kier molecular flexibility index (Phi) is 4.77. The molecule has 1 aromatic heterocycles. The van der Waals surface area contributed by atoms with E-state index in [1.54, 1.807) is 23.1 Å². The summed E-state index contributed by atoms with van der Waals surface area (Å²) in [7, 11) is 0. The lowest BCUT2D eigenvalue weighted by Gasteiger charge is -2.10. The van der Waals surface area contributed by atoms with Crippen molar-refractivity contribution in [3.63, 3.8) is 0 Å². The molecular formula is C15H16N4OS2. The first-order chi connectivity index (χ1) is 10.7. The van der Waals surface area contributed by atoms with Crippen molar-refractivity contribution >= 4 is 46.2 Å². The third kappa shape index (κ3) is 3.68. The molecule has 2 heterocycles. The summed E-state index contributed by atoms with van der Waals surface area (Å²) in [5, 5.41) is 8.01. The standard InChI is InChI=1S/C15H16N4OS2/c16-14(13-2-1-7-22-13)18-10-3-5-11(6-4-10)19-15(20)12-8-21-9-17-12/h1-7,12,17H,8-9H2,(H2,16,18)(H,19,20)/t12-/m0/s1. The van der Waals surface area contributed by atoms with Crippen LogP contribution in [0.5, 0.6) is 0 Å². The van der Waals surface area contributed by atoms with Gasteiger partial charge in [-0.2, -0.15) is 0 Å². The second-order valence-corrected chi connectivity index (χ2v) is 6.76. The maximum absolute atomic E-state index is 12.0. The average Bonchev–Trinajstić information content (AvgIpc) is 3.23. The number of rotatable bonds is 4. The normalized spacial score (nSPS) is 18.4. The SMILES string of the molecule is NC(=Nc1ccc(NC(=O)[C@@H]2CSCN2)cc1)c1cccs1. The minimum Gasteiger partial charge on any atom is -0.383 e. The van der Waals surface area contributed by atoms with Crippen LogP contribution in [0.3, 0.4) is 0 Å². The van der Waals surface area contributed by atoms with Crippen molar-refractivity contribution in [2.45, 2.75) is 6.04 Å². The molecule has 5 nitrogen and oxygen atoms in total. The van der Waals surface area contributed by atoms with Crippen molar-refractivity contribution in [3.8, 4) is 0 Å². The predicted molar refractivity (Wildman–Crippen MR) is 94.0 cm³/mol. The molecule has 2 aromatic rings. The molecule has 0 spiro atoms. The van der Waals surface area contributed by atoms with Crippen molar-refractivity contribution in [1.29, 1.82) is 0 Å². The number of amidine groups is 1. The smallest absolute Gasteiger partial charge is 0.242 e. The van der Waals surface area contributed by atoms with Crippen LogP contribution in [0.15, 0.2) is 46.8 Å². The van der Waals surface area contributed by atoms with E-state index in [1.807, 2.05) is 41.8 Å². The van der Waals surface area contributed by atoms with Gasteiger partial charge in [0.25, 0.3) is 0 Å². The molecule has 1 saturated heterocycles. The summed E-state index contributed by atoms with van der Waals surface area (Å²) in [6.45, 7) is 0. The van der Waals surface area contributed by atoms with Gasteiger partial charge >= 0.3 is 0 Å². The summed E-state index contributed by atoms with van der Waals surface area (Å²) in [5.74, 6) is 2.14. The molecular weight excluding hydrogens is 316 g/mol. The number of hydrogen-bond acceptors (Lipinski definition) is 5. The number of thioether (sulfide) groups is 1. The monoisotopic (exact) mass is 332 g/mol. The predicted octanol–water partition coefficient (Wildman–Crippen LogP) is 2.39. The Morgan fingerprint density at radius 1 is 1.32 bits per heavy atom. The number of amides is 1. The molecule has 22 heavy (non-hydrogen) atoms. The molecule has 1 aromatic carbocycles. The van der Waals surface area contributed by atoms with Gasteiger partial charge in [0.2, 0.25) is 5.91 Å². The molecule has 7 heteroatoms. The Balaban J connectivity index is 1.65. The average molecular weight is 332 g/mol. The number of nitrogens with one attached hydrogen (secondary N) is 2. The maximum atomic E-state index is 12.0. The van der Waals surface area contributed by atoms with Crippen molar-refractivity contribution in [1.82, 2.24) is 5.32 Å². The lowest BCUT2D eigenvalue weighted by molar-refractivity contribution is -0.117. The van der Waals surface area contributed by atoms with Crippen LogP contribution in [0.1, 0.15) is 4.88 Å². The Morgan fingerprint density at radius 3 is 2.77 bits per heavy atom. The third-order valence-electron chi connectivity index (χ3n) is 3.19. The zero-order valence-corrected chi connectivity index (χ0v) is 13.4. The number of thiophene rings is 1. The first-order valence-electron chi connectivity index (χ1n) is 6.82. The Morgan fingerprint density at radius 2 is 2.14 bits per heavy atom. The van der Waals surface area contributed by atoms with Crippen molar-refractivity contribution in [2.24, 2.45) is 10.7 Å². The number of carbonyl (C=O) groups is 1. The van der Waals surface area contributed by atoms with Crippen molar-refractivity contribution in [3.05, 3.63) is 46.7 Å². The lowest BCUT2D eigenvalue weighted by Crippen LogP contribution is -2.37. The van der Waals surface area contributed by atoms with Crippen LogP contribution in [-0.2, 0) is 4.79 Å². The fraction of sp³-hybridized carbons (Fsp3) is 0.200. The minimum atomic E-state index is -0.114. The molecule has 4 N–H and O–H groups in total. The van der Waals surface area contributed by atoms with Gasteiger partial charge < -0.3 is 11.1 Å². The highest BCUT2D eigenvalue weighted by atomic mass is 32.2. The Labute approximate surface area is 137 Å². The molecule has 1 atom stereocenters. The molecule has 0 bridgehead atoms. The molecule has 1 aliphatic rings. The van der Waals surface area contributed by atoms with Gasteiger partial charge in [0.1, 0.15) is 5.84 Å². The Bertz CT molecular complexity index is 661.